The van der Waals surface area contributed by atoms with Gasteiger partial charge >= 0.3 is 0 Å². The van der Waals surface area contributed by atoms with Crippen LogP contribution in [0.3, 0.4) is 0 Å². The molecule has 0 saturated carbocycles. The van der Waals surface area contributed by atoms with E-state index >= 15 is 0 Å². The van der Waals surface area contributed by atoms with Crippen molar-refractivity contribution in [2.45, 2.75) is 6.32 Å². The van der Waals surface area contributed by atoms with E-state index in [-0.39, 0.29) is 0 Å². The van der Waals surface area contributed by atoms with Crippen LogP contribution in [0.4, 0.5) is 5.69 Å². The van der Waals surface area contributed by atoms with Crippen LogP contribution in [-0.2, 0) is 6.32 Å². The Morgan fingerprint density at radius 3 is 1.96 bits per heavy atom. The first-order valence-electron chi connectivity index (χ1n) is 8.04. The van der Waals surface area contributed by atoms with Gasteiger partial charge in [0, 0.05) is 11.1 Å². The highest BCUT2D eigenvalue weighted by Gasteiger charge is 2.09. The molecule has 0 bridgehead atoms. The summed E-state index contributed by atoms with van der Waals surface area (Å²) in [5, 5.41) is 9.10. The van der Waals surface area contributed by atoms with Gasteiger partial charge in [0.2, 0.25) is 0 Å². The molecule has 3 heteroatoms. The molecule has 0 spiro atoms. The fourth-order valence-corrected chi connectivity index (χ4v) is 2.66. The minimum atomic E-state index is 0.673. The minimum absolute atomic E-state index is 0.673. The van der Waals surface area contributed by atoms with Crippen molar-refractivity contribution < 1.29 is 0 Å². The average Bonchev–Trinajstić information content (AvgIpc) is 2.67. The molecule has 0 unspecified atom stereocenters. The fraction of sp³-hybridized carbons (Fsp3) is 0.0476. The number of aliphatic imine (C=N–C) groups is 1. The van der Waals surface area contributed by atoms with E-state index in [1.165, 1.54) is 0 Å². The summed E-state index contributed by atoms with van der Waals surface area (Å²) in [6, 6.07) is 28.3. The maximum Gasteiger partial charge on any atom is 0.107 e. The predicted octanol–water partition coefficient (Wildman–Crippen LogP) is 3.86. The molecule has 0 aromatic heterocycles. The molecule has 0 aliphatic heterocycles. The number of hydrogen-bond donors (Lipinski definition) is 0. The van der Waals surface area contributed by atoms with Crippen LogP contribution in [0.2, 0.25) is 0 Å². The van der Waals surface area contributed by atoms with Crippen molar-refractivity contribution in [3.8, 4) is 6.07 Å². The normalized spacial score (nSPS) is 9.96. The first-order valence-corrected chi connectivity index (χ1v) is 8.04. The van der Waals surface area contributed by atoms with Gasteiger partial charge in [-0.1, -0.05) is 67.0 Å². The monoisotopic (exact) mass is 308 g/mol. The topological polar surface area (TPSA) is 36.1 Å². The molecule has 3 aromatic carbocycles. The quantitative estimate of drug-likeness (QED) is 0.532. The molecule has 2 nitrogen and oxygen atoms in total. The van der Waals surface area contributed by atoms with Crippen LogP contribution in [0.5, 0.6) is 0 Å². The minimum Gasteiger partial charge on any atom is -0.248 e. The molecule has 0 saturated heterocycles. The Balaban J connectivity index is 2.17. The van der Waals surface area contributed by atoms with Crippen molar-refractivity contribution in [3.63, 3.8) is 0 Å². The lowest BCUT2D eigenvalue weighted by atomic mass is 9.94. The summed E-state index contributed by atoms with van der Waals surface area (Å²) in [4.78, 5) is 4.95. The van der Waals surface area contributed by atoms with E-state index in [0.29, 0.717) is 5.56 Å². The molecule has 0 N–H and O–H groups in total. The second-order valence-electron chi connectivity index (χ2n) is 5.50. The maximum atomic E-state index is 9.10. The third-order valence-electron chi connectivity index (χ3n) is 3.92. The van der Waals surface area contributed by atoms with Crippen molar-refractivity contribution in [2.75, 3.05) is 0 Å². The molecule has 0 amide bonds. The molecule has 0 aliphatic rings. The average molecular weight is 308 g/mol. The lowest BCUT2D eigenvalue weighted by Gasteiger charge is -2.10. The molecule has 114 valence electrons. The van der Waals surface area contributed by atoms with Gasteiger partial charge in [-0.15, -0.1) is 0 Å². The molecule has 3 aromatic rings. The highest BCUT2D eigenvalue weighted by Crippen LogP contribution is 2.24. The summed E-state index contributed by atoms with van der Waals surface area (Å²) < 4.78 is 0. The van der Waals surface area contributed by atoms with Crippen molar-refractivity contribution in [3.05, 3.63) is 101 Å². The molecular formula is C21H17BN2. The van der Waals surface area contributed by atoms with Crippen LogP contribution in [-0.4, -0.2) is 13.6 Å². The van der Waals surface area contributed by atoms with Crippen LogP contribution in [0.25, 0.3) is 0 Å². The van der Waals surface area contributed by atoms with Crippen molar-refractivity contribution >= 4 is 19.2 Å². The molecule has 24 heavy (non-hydrogen) atoms. The number of hydrogen-bond acceptors (Lipinski definition) is 2. The molecule has 0 heterocycles. The molecule has 0 aliphatic carbocycles. The number of rotatable bonds is 4. The molecular weight excluding hydrogens is 291 g/mol. The van der Waals surface area contributed by atoms with Gasteiger partial charge in [0.05, 0.1) is 23.0 Å². The fourth-order valence-electron chi connectivity index (χ4n) is 2.66. The summed E-state index contributed by atoms with van der Waals surface area (Å²) in [6.45, 7) is 0. The summed E-state index contributed by atoms with van der Waals surface area (Å²) >= 11 is 0. The standard InChI is InChI=1S/C21H17BN2/c22-14-19-13-16(15-23)11-12-20(19)24-21(17-7-3-1-4-8-17)18-9-5-2-6-10-18/h1-13H,14,22H2. The van der Waals surface area contributed by atoms with E-state index in [1.54, 1.807) is 0 Å². The lowest BCUT2D eigenvalue weighted by Crippen LogP contribution is -2.03. The van der Waals surface area contributed by atoms with Crippen LogP contribution in [0.1, 0.15) is 22.3 Å². The smallest absolute Gasteiger partial charge is 0.107 e. The molecule has 3 rings (SSSR count). The van der Waals surface area contributed by atoms with Crippen LogP contribution in [0, 0.1) is 11.3 Å². The summed E-state index contributed by atoms with van der Waals surface area (Å²) in [7, 11) is 2.08. The van der Waals surface area contributed by atoms with E-state index in [0.717, 1.165) is 34.4 Å². The third-order valence-corrected chi connectivity index (χ3v) is 3.92. The predicted molar refractivity (Wildman–Crippen MR) is 102 cm³/mol. The van der Waals surface area contributed by atoms with Crippen molar-refractivity contribution in [1.29, 1.82) is 5.26 Å². The highest BCUT2D eigenvalue weighted by atomic mass is 14.8. The zero-order valence-electron chi connectivity index (χ0n) is 13.6. The third kappa shape index (κ3) is 3.44. The summed E-state index contributed by atoms with van der Waals surface area (Å²) in [5.41, 5.74) is 5.77. The van der Waals surface area contributed by atoms with Gasteiger partial charge in [0.25, 0.3) is 0 Å². The Labute approximate surface area is 143 Å². The second-order valence-corrected chi connectivity index (χ2v) is 5.50. The number of nitriles is 1. The Bertz CT molecular complexity index is 853. The van der Waals surface area contributed by atoms with Gasteiger partial charge in [-0.3, -0.25) is 0 Å². The zero-order valence-corrected chi connectivity index (χ0v) is 13.6. The van der Waals surface area contributed by atoms with Crippen molar-refractivity contribution in [1.82, 2.24) is 0 Å². The largest absolute Gasteiger partial charge is 0.248 e. The van der Waals surface area contributed by atoms with Crippen LogP contribution < -0.4 is 0 Å². The zero-order chi connectivity index (χ0) is 16.8. The first-order chi connectivity index (χ1) is 11.8. The van der Waals surface area contributed by atoms with Gasteiger partial charge in [-0.25, -0.2) is 4.99 Å². The van der Waals surface area contributed by atoms with Gasteiger partial charge in [0.1, 0.15) is 7.85 Å². The van der Waals surface area contributed by atoms with Gasteiger partial charge < -0.3 is 0 Å². The summed E-state index contributed by atoms with van der Waals surface area (Å²) in [5.74, 6) is 0. The maximum absolute atomic E-state index is 9.10. The van der Waals surface area contributed by atoms with Gasteiger partial charge in [-0.2, -0.15) is 5.26 Å². The lowest BCUT2D eigenvalue weighted by molar-refractivity contribution is 1.33. The van der Waals surface area contributed by atoms with Gasteiger partial charge in [0.15, 0.2) is 0 Å². The molecule has 0 radical (unpaired) electrons. The Morgan fingerprint density at radius 2 is 1.46 bits per heavy atom. The van der Waals surface area contributed by atoms with E-state index in [9.17, 15) is 0 Å². The second kappa shape index (κ2) is 7.43. The highest BCUT2D eigenvalue weighted by molar-refractivity contribution is 6.14. The Morgan fingerprint density at radius 1 is 0.875 bits per heavy atom. The van der Waals surface area contributed by atoms with E-state index in [4.69, 9.17) is 10.3 Å². The Kier molecular flexibility index (Phi) is 4.88. The van der Waals surface area contributed by atoms with E-state index in [2.05, 4.69) is 38.2 Å². The van der Waals surface area contributed by atoms with Crippen molar-refractivity contribution in [2.24, 2.45) is 4.99 Å². The number of nitrogens with zero attached hydrogens (tertiary/aromatic N) is 2. The first kappa shape index (κ1) is 15.8. The SMILES string of the molecule is BCc1cc(C#N)ccc1N=C(c1ccccc1)c1ccccc1. The van der Waals surface area contributed by atoms with Gasteiger partial charge in [-0.05, 0) is 23.8 Å². The van der Waals surface area contributed by atoms with E-state index < -0.39 is 0 Å². The molecule has 0 fully saturated rings. The van der Waals surface area contributed by atoms with Crippen LogP contribution in [0.15, 0.2) is 83.9 Å². The van der Waals surface area contributed by atoms with E-state index in [1.807, 2.05) is 54.6 Å². The summed E-state index contributed by atoms with van der Waals surface area (Å²) in [6.07, 6.45) is 0.839. The van der Waals surface area contributed by atoms with Crippen LogP contribution >= 0.6 is 0 Å². The Hall–Kier alpha value is -3.12. The molecule has 0 atom stereocenters. The number of benzene rings is 3.